The number of aromatic nitrogens is 1. The first-order chi connectivity index (χ1) is 9.24. The number of hydrogen-bond donors (Lipinski definition) is 1. The summed E-state index contributed by atoms with van der Waals surface area (Å²) in [7, 11) is -1.05. The molecule has 1 atom stereocenters. The van der Waals surface area contributed by atoms with Crippen molar-refractivity contribution in [3.8, 4) is 0 Å². The molecule has 116 valence electrons. The minimum Gasteiger partial charge on any atom is -0.350 e. The Balaban J connectivity index is 2.73. The van der Waals surface area contributed by atoms with Crippen LogP contribution in [0.5, 0.6) is 0 Å². The second-order valence-corrected chi connectivity index (χ2v) is 8.44. The van der Waals surface area contributed by atoms with Crippen molar-refractivity contribution in [3.05, 3.63) is 10.6 Å². The maximum Gasteiger partial charge on any atom is 0.185 e. The molecule has 1 aromatic heterocycles. The quantitative estimate of drug-likeness (QED) is 0.794. The van der Waals surface area contributed by atoms with Gasteiger partial charge in [-0.25, -0.2) is 13.4 Å². The first-order valence-electron chi connectivity index (χ1n) is 6.84. The lowest BCUT2D eigenvalue weighted by molar-refractivity contribution is 0.575. The van der Waals surface area contributed by atoms with Gasteiger partial charge in [0.05, 0.1) is 11.4 Å². The Morgan fingerprint density at radius 2 is 2.10 bits per heavy atom. The topological polar surface area (TPSA) is 62.3 Å². The molecule has 0 saturated heterocycles. The average molecular weight is 319 g/mol. The molecule has 20 heavy (non-hydrogen) atoms. The van der Waals surface area contributed by atoms with Crippen LogP contribution >= 0.6 is 11.3 Å². The summed E-state index contributed by atoms with van der Waals surface area (Å²) < 4.78 is 22.4. The van der Waals surface area contributed by atoms with E-state index in [2.05, 4.69) is 24.1 Å². The zero-order valence-corrected chi connectivity index (χ0v) is 14.6. The third-order valence-corrected chi connectivity index (χ3v) is 5.42. The van der Waals surface area contributed by atoms with E-state index in [0.29, 0.717) is 6.54 Å². The van der Waals surface area contributed by atoms with E-state index in [-0.39, 0.29) is 11.8 Å². The fourth-order valence-corrected chi connectivity index (χ4v) is 3.50. The Kier molecular flexibility index (Phi) is 6.42. The highest BCUT2D eigenvalue weighted by Gasteiger charge is 2.16. The lowest BCUT2D eigenvalue weighted by Crippen LogP contribution is -2.24. The van der Waals surface area contributed by atoms with Crippen molar-refractivity contribution in [1.82, 2.24) is 10.3 Å². The Labute approximate surface area is 126 Å². The summed E-state index contributed by atoms with van der Waals surface area (Å²) in [6.45, 7) is 7.74. The predicted octanol–water partition coefficient (Wildman–Crippen LogP) is 1.99. The summed E-state index contributed by atoms with van der Waals surface area (Å²) >= 11 is 1.63. The lowest BCUT2D eigenvalue weighted by Gasteiger charge is -2.15. The number of rotatable bonds is 8. The molecule has 0 saturated carbocycles. The summed E-state index contributed by atoms with van der Waals surface area (Å²) in [5.74, 6) is 0.154. The molecule has 0 aliphatic heterocycles. The number of thiazole rings is 1. The van der Waals surface area contributed by atoms with E-state index >= 15 is 0 Å². The number of sulfone groups is 1. The monoisotopic (exact) mass is 319 g/mol. The van der Waals surface area contributed by atoms with Crippen molar-refractivity contribution in [2.75, 3.05) is 37.0 Å². The average Bonchev–Trinajstić information content (AvgIpc) is 2.74. The highest BCUT2D eigenvalue weighted by Crippen LogP contribution is 2.30. The van der Waals surface area contributed by atoms with Gasteiger partial charge in [-0.3, -0.25) is 0 Å². The molecule has 5 nitrogen and oxygen atoms in total. The number of anilines is 1. The molecule has 7 heteroatoms. The summed E-state index contributed by atoms with van der Waals surface area (Å²) in [5, 5.41) is 4.33. The highest BCUT2D eigenvalue weighted by atomic mass is 32.2. The van der Waals surface area contributed by atoms with E-state index in [0.717, 1.165) is 23.8 Å². The van der Waals surface area contributed by atoms with Crippen molar-refractivity contribution in [3.63, 3.8) is 0 Å². The van der Waals surface area contributed by atoms with Crippen LogP contribution in [-0.2, 0) is 9.84 Å². The van der Waals surface area contributed by atoms with Gasteiger partial charge in [0.25, 0.3) is 0 Å². The van der Waals surface area contributed by atoms with E-state index < -0.39 is 9.84 Å². The second kappa shape index (κ2) is 7.38. The van der Waals surface area contributed by atoms with Gasteiger partial charge < -0.3 is 10.2 Å². The molecule has 1 heterocycles. The molecule has 0 bridgehead atoms. The van der Waals surface area contributed by atoms with E-state index in [1.165, 1.54) is 11.1 Å². The lowest BCUT2D eigenvalue weighted by atomic mass is 10.2. The first kappa shape index (κ1) is 17.4. The van der Waals surface area contributed by atoms with Crippen LogP contribution in [0.1, 0.15) is 36.9 Å². The van der Waals surface area contributed by atoms with Crippen molar-refractivity contribution >= 4 is 26.3 Å². The molecule has 1 rings (SSSR count). The molecule has 0 amide bonds. The van der Waals surface area contributed by atoms with Gasteiger partial charge in [0.15, 0.2) is 5.13 Å². The van der Waals surface area contributed by atoms with Gasteiger partial charge in [-0.05, 0) is 26.8 Å². The zero-order chi connectivity index (χ0) is 15.3. The molecule has 0 aliphatic rings. The molecular formula is C13H25N3O2S2. The number of hydrogen-bond acceptors (Lipinski definition) is 6. The van der Waals surface area contributed by atoms with Crippen LogP contribution in [0.25, 0.3) is 0 Å². The van der Waals surface area contributed by atoms with Crippen molar-refractivity contribution in [2.45, 2.75) is 33.2 Å². The number of nitrogens with zero attached hydrogens (tertiary/aromatic N) is 2. The van der Waals surface area contributed by atoms with E-state index in [9.17, 15) is 8.42 Å². The Morgan fingerprint density at radius 3 is 2.65 bits per heavy atom. The SMILES string of the molecule is CCCNC(C)c1sc(N(C)CCS(C)(=O)=O)nc1C. The molecule has 0 aromatic carbocycles. The molecule has 0 radical (unpaired) electrons. The number of aryl methyl sites for hydroxylation is 1. The largest absolute Gasteiger partial charge is 0.350 e. The third-order valence-electron chi connectivity index (χ3n) is 3.04. The maximum atomic E-state index is 11.2. The summed E-state index contributed by atoms with van der Waals surface area (Å²) in [6.07, 6.45) is 2.36. The highest BCUT2D eigenvalue weighted by molar-refractivity contribution is 7.90. The zero-order valence-electron chi connectivity index (χ0n) is 12.9. The van der Waals surface area contributed by atoms with Crippen LogP contribution in [-0.4, -0.2) is 45.5 Å². The van der Waals surface area contributed by atoms with E-state index in [1.54, 1.807) is 11.3 Å². The van der Waals surface area contributed by atoms with Crippen LogP contribution < -0.4 is 10.2 Å². The Morgan fingerprint density at radius 1 is 1.45 bits per heavy atom. The van der Waals surface area contributed by atoms with Gasteiger partial charge in [-0.15, -0.1) is 11.3 Å². The Hall–Kier alpha value is -0.660. The molecule has 1 aromatic rings. The van der Waals surface area contributed by atoms with Gasteiger partial charge in [0.1, 0.15) is 9.84 Å². The second-order valence-electron chi connectivity index (χ2n) is 5.17. The molecule has 0 aliphatic carbocycles. The molecule has 1 N–H and O–H groups in total. The minimum atomic E-state index is -2.94. The molecular weight excluding hydrogens is 294 g/mol. The van der Waals surface area contributed by atoms with Crippen LogP contribution in [0.2, 0.25) is 0 Å². The van der Waals surface area contributed by atoms with E-state index in [4.69, 9.17) is 0 Å². The van der Waals surface area contributed by atoms with Crippen LogP contribution in [0, 0.1) is 6.92 Å². The third kappa shape index (κ3) is 5.38. The van der Waals surface area contributed by atoms with Crippen LogP contribution in [0.4, 0.5) is 5.13 Å². The normalized spacial score (nSPS) is 13.4. The molecule has 0 fully saturated rings. The van der Waals surface area contributed by atoms with Gasteiger partial charge in [-0.1, -0.05) is 6.92 Å². The molecule has 1 unspecified atom stereocenters. The Bertz CT molecular complexity index is 526. The maximum absolute atomic E-state index is 11.2. The van der Waals surface area contributed by atoms with Crippen LogP contribution in [0.15, 0.2) is 0 Å². The van der Waals surface area contributed by atoms with Gasteiger partial charge >= 0.3 is 0 Å². The van der Waals surface area contributed by atoms with Gasteiger partial charge in [0.2, 0.25) is 0 Å². The summed E-state index contributed by atoms with van der Waals surface area (Å²) in [5.41, 5.74) is 1.02. The summed E-state index contributed by atoms with van der Waals surface area (Å²) in [4.78, 5) is 7.68. The smallest absolute Gasteiger partial charge is 0.185 e. The summed E-state index contributed by atoms with van der Waals surface area (Å²) in [6, 6.07) is 0.282. The fraction of sp³-hybridized carbons (Fsp3) is 0.769. The first-order valence-corrected chi connectivity index (χ1v) is 9.72. The minimum absolute atomic E-state index is 0.154. The van der Waals surface area contributed by atoms with Crippen molar-refractivity contribution in [2.24, 2.45) is 0 Å². The van der Waals surface area contributed by atoms with Crippen LogP contribution in [0.3, 0.4) is 0 Å². The standard InChI is InChI=1S/C13H25N3O2S2/c1-6-7-14-10(2)12-11(3)15-13(19-12)16(4)8-9-20(5,17)18/h10,14H,6-9H2,1-5H3. The van der Waals surface area contributed by atoms with Gasteiger partial charge in [0, 0.05) is 30.8 Å². The van der Waals surface area contributed by atoms with Crippen molar-refractivity contribution in [1.29, 1.82) is 0 Å². The van der Waals surface area contributed by atoms with E-state index in [1.807, 2.05) is 18.9 Å². The fourth-order valence-electron chi connectivity index (χ4n) is 1.81. The van der Waals surface area contributed by atoms with Crippen molar-refractivity contribution < 1.29 is 8.42 Å². The predicted molar refractivity (Wildman–Crippen MR) is 86.5 cm³/mol. The molecule has 0 spiro atoms. The number of nitrogens with one attached hydrogen (secondary N) is 1. The van der Waals surface area contributed by atoms with Gasteiger partial charge in [-0.2, -0.15) is 0 Å².